The van der Waals surface area contributed by atoms with Crippen molar-refractivity contribution in [2.24, 2.45) is 0 Å². The highest BCUT2D eigenvalue weighted by atomic mass is 16.5. The summed E-state index contributed by atoms with van der Waals surface area (Å²) in [5.74, 6) is 1.65. The number of Topliss-reactive ketones (excluding diaryl/α,β-unsaturated/α-hetero) is 1. The number of methoxy groups -OCH3 is 1. The first-order valence-electron chi connectivity index (χ1n) is 10.1. The van der Waals surface area contributed by atoms with Gasteiger partial charge < -0.3 is 19.5 Å². The van der Waals surface area contributed by atoms with Crippen LogP contribution in [0.2, 0.25) is 0 Å². The Balaban J connectivity index is 1.41. The van der Waals surface area contributed by atoms with Crippen molar-refractivity contribution < 1.29 is 19.4 Å². The van der Waals surface area contributed by atoms with Crippen molar-refractivity contribution in [2.75, 3.05) is 51.3 Å². The summed E-state index contributed by atoms with van der Waals surface area (Å²) in [7, 11) is 1.68. The van der Waals surface area contributed by atoms with Crippen LogP contribution in [-0.2, 0) is 0 Å². The van der Waals surface area contributed by atoms with Crippen molar-refractivity contribution in [1.82, 2.24) is 4.90 Å². The molecule has 1 saturated heterocycles. The quantitative estimate of drug-likeness (QED) is 0.656. The Morgan fingerprint density at radius 2 is 1.79 bits per heavy atom. The van der Waals surface area contributed by atoms with E-state index in [0.29, 0.717) is 24.3 Å². The highest BCUT2D eigenvalue weighted by Crippen LogP contribution is 2.22. The number of rotatable bonds is 9. The normalized spacial score (nSPS) is 15.8. The maximum absolute atomic E-state index is 11.7. The summed E-state index contributed by atoms with van der Waals surface area (Å²) in [6.45, 7) is 6.26. The van der Waals surface area contributed by atoms with Gasteiger partial charge in [0.1, 0.15) is 24.2 Å². The lowest BCUT2D eigenvalue weighted by atomic mass is 10.1. The zero-order valence-electron chi connectivity index (χ0n) is 17.2. The monoisotopic (exact) mass is 398 g/mol. The van der Waals surface area contributed by atoms with E-state index >= 15 is 0 Å². The molecular weight excluding hydrogens is 368 g/mol. The molecule has 2 aromatic rings. The number of benzene rings is 2. The predicted molar refractivity (Wildman–Crippen MR) is 114 cm³/mol. The van der Waals surface area contributed by atoms with Gasteiger partial charge >= 0.3 is 0 Å². The molecule has 1 fully saturated rings. The summed E-state index contributed by atoms with van der Waals surface area (Å²) in [5, 5.41) is 10.3. The van der Waals surface area contributed by atoms with Crippen LogP contribution in [0.4, 0.5) is 5.69 Å². The van der Waals surface area contributed by atoms with Gasteiger partial charge in [-0.2, -0.15) is 0 Å². The smallest absolute Gasteiger partial charge is 0.162 e. The summed E-state index contributed by atoms with van der Waals surface area (Å²) < 4.78 is 11.0. The molecule has 29 heavy (non-hydrogen) atoms. The number of ketones is 1. The third-order valence-corrected chi connectivity index (χ3v) is 5.20. The van der Waals surface area contributed by atoms with Crippen molar-refractivity contribution in [2.45, 2.75) is 19.4 Å². The molecule has 0 radical (unpaired) electrons. The average molecular weight is 399 g/mol. The van der Waals surface area contributed by atoms with Gasteiger partial charge in [0.05, 0.1) is 7.11 Å². The van der Waals surface area contributed by atoms with Gasteiger partial charge in [0.15, 0.2) is 5.78 Å². The second kappa shape index (κ2) is 10.3. The predicted octanol–water partition coefficient (Wildman–Crippen LogP) is 2.85. The van der Waals surface area contributed by atoms with Gasteiger partial charge in [-0.05, 0) is 36.4 Å². The maximum Gasteiger partial charge on any atom is 0.162 e. The van der Waals surface area contributed by atoms with Crippen molar-refractivity contribution in [3.05, 3.63) is 54.1 Å². The lowest BCUT2D eigenvalue weighted by Crippen LogP contribution is -2.49. The van der Waals surface area contributed by atoms with E-state index in [9.17, 15) is 9.90 Å². The van der Waals surface area contributed by atoms with Crippen LogP contribution in [0.5, 0.6) is 11.5 Å². The van der Waals surface area contributed by atoms with Crippen LogP contribution in [0.15, 0.2) is 48.5 Å². The lowest BCUT2D eigenvalue weighted by Gasteiger charge is -2.37. The first kappa shape index (κ1) is 21.1. The van der Waals surface area contributed by atoms with E-state index in [1.165, 1.54) is 0 Å². The van der Waals surface area contributed by atoms with Gasteiger partial charge in [0.2, 0.25) is 0 Å². The third kappa shape index (κ3) is 5.95. The van der Waals surface area contributed by atoms with Crippen molar-refractivity contribution in [3.63, 3.8) is 0 Å². The Kier molecular flexibility index (Phi) is 7.49. The van der Waals surface area contributed by atoms with Crippen molar-refractivity contribution >= 4 is 11.5 Å². The van der Waals surface area contributed by atoms with Gasteiger partial charge in [-0.3, -0.25) is 9.69 Å². The average Bonchev–Trinajstić information content (AvgIpc) is 2.78. The molecule has 0 unspecified atom stereocenters. The van der Waals surface area contributed by atoms with E-state index in [1.807, 2.05) is 19.1 Å². The standard InChI is InChI=1S/C23H30N2O4/c1-3-23(27)18-7-9-21(10-8-18)29-17-20(26)16-24-11-13-25(14-12-24)19-5-4-6-22(15-19)28-2/h4-10,15,20,26H,3,11-14,16-17H2,1-2H3/t20-/m1/s1. The fourth-order valence-electron chi connectivity index (χ4n) is 3.48. The fraction of sp³-hybridized carbons (Fsp3) is 0.435. The van der Waals surface area contributed by atoms with E-state index in [0.717, 1.165) is 37.6 Å². The molecule has 3 rings (SSSR count). The van der Waals surface area contributed by atoms with Gasteiger partial charge in [-0.25, -0.2) is 0 Å². The second-order valence-corrected chi connectivity index (χ2v) is 7.26. The third-order valence-electron chi connectivity index (χ3n) is 5.20. The molecule has 0 saturated carbocycles. The Labute approximate surface area is 172 Å². The fourth-order valence-corrected chi connectivity index (χ4v) is 3.48. The number of hydrogen-bond donors (Lipinski definition) is 1. The summed E-state index contributed by atoms with van der Waals surface area (Å²) in [6.07, 6.45) is -0.0698. The molecular formula is C23H30N2O4. The molecule has 1 heterocycles. The number of nitrogens with zero attached hydrogens (tertiary/aromatic N) is 2. The molecule has 0 bridgehead atoms. The number of carbonyl (C=O) groups is 1. The van der Waals surface area contributed by atoms with Crippen LogP contribution in [0, 0.1) is 0 Å². The topological polar surface area (TPSA) is 62.2 Å². The lowest BCUT2D eigenvalue weighted by molar-refractivity contribution is 0.0663. The number of aliphatic hydroxyl groups excluding tert-OH is 1. The Morgan fingerprint density at radius 3 is 2.45 bits per heavy atom. The van der Waals surface area contributed by atoms with Gasteiger partial charge in [0.25, 0.3) is 0 Å². The summed E-state index contributed by atoms with van der Waals surface area (Å²) in [4.78, 5) is 16.3. The van der Waals surface area contributed by atoms with E-state index < -0.39 is 6.10 Å². The first-order chi connectivity index (χ1) is 14.1. The zero-order chi connectivity index (χ0) is 20.6. The molecule has 6 nitrogen and oxygen atoms in total. The van der Waals surface area contributed by atoms with Crippen LogP contribution in [0.1, 0.15) is 23.7 Å². The molecule has 0 spiro atoms. The van der Waals surface area contributed by atoms with E-state index in [1.54, 1.807) is 31.4 Å². The Morgan fingerprint density at radius 1 is 1.07 bits per heavy atom. The number of aliphatic hydroxyl groups is 1. The SMILES string of the molecule is CCC(=O)c1ccc(OC[C@H](O)CN2CCN(c3cccc(OC)c3)CC2)cc1. The minimum Gasteiger partial charge on any atom is -0.497 e. The van der Waals surface area contributed by atoms with Crippen LogP contribution in [0.3, 0.4) is 0 Å². The molecule has 1 aliphatic heterocycles. The molecule has 1 atom stereocenters. The number of anilines is 1. The van der Waals surface area contributed by atoms with Crippen molar-refractivity contribution in [3.8, 4) is 11.5 Å². The van der Waals surface area contributed by atoms with Gasteiger partial charge in [-0.15, -0.1) is 0 Å². The molecule has 0 aliphatic carbocycles. The van der Waals surface area contributed by atoms with Crippen molar-refractivity contribution in [1.29, 1.82) is 0 Å². The van der Waals surface area contributed by atoms with E-state index in [-0.39, 0.29) is 12.4 Å². The second-order valence-electron chi connectivity index (χ2n) is 7.26. The number of hydrogen-bond acceptors (Lipinski definition) is 6. The molecule has 6 heteroatoms. The van der Waals surface area contributed by atoms with Crippen LogP contribution in [0.25, 0.3) is 0 Å². The van der Waals surface area contributed by atoms with Gasteiger partial charge in [-0.1, -0.05) is 13.0 Å². The number of ether oxygens (including phenoxy) is 2. The summed E-state index contributed by atoms with van der Waals surface area (Å²) >= 11 is 0. The number of β-amino-alcohol motifs (C(OH)–C–C–N with tert-alkyl or cyclic N) is 1. The van der Waals surface area contributed by atoms with Crippen LogP contribution in [-0.4, -0.2) is 68.3 Å². The molecule has 1 aliphatic rings. The molecule has 1 N–H and O–H groups in total. The summed E-state index contributed by atoms with van der Waals surface area (Å²) in [5.41, 5.74) is 1.85. The first-order valence-corrected chi connectivity index (χ1v) is 10.1. The molecule has 0 amide bonds. The van der Waals surface area contributed by atoms with E-state index in [2.05, 4.69) is 21.9 Å². The van der Waals surface area contributed by atoms with E-state index in [4.69, 9.17) is 9.47 Å². The Bertz CT molecular complexity index is 786. The number of carbonyl (C=O) groups excluding carboxylic acids is 1. The summed E-state index contributed by atoms with van der Waals surface area (Å²) in [6, 6.07) is 15.2. The minimum absolute atomic E-state index is 0.115. The highest BCUT2D eigenvalue weighted by molar-refractivity contribution is 5.95. The number of piperazine rings is 1. The molecule has 0 aromatic heterocycles. The zero-order valence-corrected chi connectivity index (χ0v) is 17.2. The molecule has 2 aromatic carbocycles. The van der Waals surface area contributed by atoms with Crippen LogP contribution >= 0.6 is 0 Å². The maximum atomic E-state index is 11.7. The molecule has 156 valence electrons. The largest absolute Gasteiger partial charge is 0.497 e. The minimum atomic E-state index is -0.560. The van der Waals surface area contributed by atoms with Gasteiger partial charge in [0, 0.05) is 56.5 Å². The van der Waals surface area contributed by atoms with Crippen LogP contribution < -0.4 is 14.4 Å². The highest BCUT2D eigenvalue weighted by Gasteiger charge is 2.20. The Hall–Kier alpha value is -2.57.